The molecule has 144 valence electrons. The maximum Gasteiger partial charge on any atom is 0.409 e. The SMILES string of the molecule is CCOC(=O)N1CCN(C(=O)c2sc(CCN3CCCC3)nc2C)CC1. The van der Waals surface area contributed by atoms with Gasteiger partial charge in [-0.05, 0) is 39.8 Å². The summed E-state index contributed by atoms with van der Waals surface area (Å²) < 4.78 is 5.02. The molecule has 0 atom stereocenters. The first kappa shape index (κ1) is 19.1. The molecular weight excluding hydrogens is 352 g/mol. The molecule has 7 nitrogen and oxygen atoms in total. The van der Waals surface area contributed by atoms with E-state index < -0.39 is 0 Å². The van der Waals surface area contributed by atoms with Gasteiger partial charge in [-0.3, -0.25) is 4.79 Å². The predicted octanol–water partition coefficient (Wildman–Crippen LogP) is 2.00. The number of thiazole rings is 1. The molecule has 0 N–H and O–H groups in total. The molecule has 2 amide bonds. The molecule has 2 saturated heterocycles. The smallest absolute Gasteiger partial charge is 0.409 e. The number of likely N-dealkylation sites (tertiary alicyclic amines) is 1. The summed E-state index contributed by atoms with van der Waals surface area (Å²) in [5, 5.41) is 1.04. The van der Waals surface area contributed by atoms with E-state index in [1.54, 1.807) is 11.8 Å². The van der Waals surface area contributed by atoms with Crippen LogP contribution in [-0.2, 0) is 11.2 Å². The standard InChI is InChI=1S/C18H28N4O3S/c1-3-25-18(24)22-12-10-21(11-13-22)17(23)16-14(2)19-15(26-16)6-9-20-7-4-5-8-20/h3-13H2,1-2H3. The van der Waals surface area contributed by atoms with Gasteiger partial charge in [0, 0.05) is 39.1 Å². The molecule has 3 rings (SSSR count). The molecule has 0 aliphatic carbocycles. The van der Waals surface area contributed by atoms with Crippen molar-refractivity contribution in [1.82, 2.24) is 19.7 Å². The molecular formula is C18H28N4O3S. The third-order valence-electron chi connectivity index (χ3n) is 4.97. The van der Waals surface area contributed by atoms with Gasteiger partial charge < -0.3 is 19.4 Å². The monoisotopic (exact) mass is 380 g/mol. The van der Waals surface area contributed by atoms with Crippen LogP contribution in [0.4, 0.5) is 4.79 Å². The van der Waals surface area contributed by atoms with Crippen LogP contribution in [0.5, 0.6) is 0 Å². The van der Waals surface area contributed by atoms with Gasteiger partial charge in [0.15, 0.2) is 0 Å². The average Bonchev–Trinajstić information content (AvgIpc) is 3.29. The number of hydrogen-bond acceptors (Lipinski definition) is 6. The average molecular weight is 381 g/mol. The quantitative estimate of drug-likeness (QED) is 0.782. The summed E-state index contributed by atoms with van der Waals surface area (Å²) in [6.07, 6.45) is 3.20. The Morgan fingerprint density at radius 1 is 1.08 bits per heavy atom. The molecule has 0 unspecified atom stereocenters. The molecule has 26 heavy (non-hydrogen) atoms. The summed E-state index contributed by atoms with van der Waals surface area (Å²) in [6.45, 7) is 9.59. The topological polar surface area (TPSA) is 66.0 Å². The van der Waals surface area contributed by atoms with Gasteiger partial charge >= 0.3 is 6.09 Å². The van der Waals surface area contributed by atoms with E-state index in [1.807, 2.05) is 11.8 Å². The summed E-state index contributed by atoms with van der Waals surface area (Å²) in [5.41, 5.74) is 0.823. The molecule has 2 aliphatic heterocycles. The minimum atomic E-state index is -0.294. The highest BCUT2D eigenvalue weighted by molar-refractivity contribution is 7.13. The van der Waals surface area contributed by atoms with E-state index in [9.17, 15) is 9.59 Å². The summed E-state index contributed by atoms with van der Waals surface area (Å²) in [6, 6.07) is 0. The highest BCUT2D eigenvalue weighted by Crippen LogP contribution is 2.22. The Hall–Kier alpha value is -1.67. The zero-order valence-electron chi connectivity index (χ0n) is 15.7. The lowest BCUT2D eigenvalue weighted by Crippen LogP contribution is -2.50. The number of aryl methyl sites for hydroxylation is 1. The Morgan fingerprint density at radius 2 is 1.73 bits per heavy atom. The van der Waals surface area contributed by atoms with Crippen molar-refractivity contribution in [2.24, 2.45) is 0 Å². The second kappa shape index (κ2) is 8.81. The summed E-state index contributed by atoms with van der Waals surface area (Å²) in [7, 11) is 0. The van der Waals surface area contributed by atoms with Crippen molar-refractivity contribution in [3.63, 3.8) is 0 Å². The van der Waals surface area contributed by atoms with E-state index in [1.165, 1.54) is 37.3 Å². The largest absolute Gasteiger partial charge is 0.450 e. The highest BCUT2D eigenvalue weighted by atomic mass is 32.1. The van der Waals surface area contributed by atoms with Gasteiger partial charge in [-0.25, -0.2) is 9.78 Å². The summed E-state index contributed by atoms with van der Waals surface area (Å²) in [4.78, 5) is 35.9. The van der Waals surface area contributed by atoms with Crippen LogP contribution in [0.25, 0.3) is 0 Å². The van der Waals surface area contributed by atoms with Crippen molar-refractivity contribution in [3.8, 4) is 0 Å². The van der Waals surface area contributed by atoms with Crippen molar-refractivity contribution in [3.05, 3.63) is 15.6 Å². The van der Waals surface area contributed by atoms with Crippen LogP contribution in [0, 0.1) is 6.92 Å². The fourth-order valence-corrected chi connectivity index (χ4v) is 4.49. The molecule has 1 aromatic rings. The van der Waals surface area contributed by atoms with Gasteiger partial charge in [0.2, 0.25) is 0 Å². The van der Waals surface area contributed by atoms with Crippen LogP contribution in [0.3, 0.4) is 0 Å². The van der Waals surface area contributed by atoms with Gasteiger partial charge in [-0.2, -0.15) is 0 Å². The van der Waals surface area contributed by atoms with E-state index in [-0.39, 0.29) is 12.0 Å². The first-order chi connectivity index (χ1) is 12.6. The Labute approximate surface area is 158 Å². The van der Waals surface area contributed by atoms with Crippen molar-refractivity contribution in [2.45, 2.75) is 33.1 Å². The number of aromatic nitrogens is 1. The molecule has 2 fully saturated rings. The molecule has 3 heterocycles. The van der Waals surface area contributed by atoms with Crippen molar-refractivity contribution >= 4 is 23.3 Å². The van der Waals surface area contributed by atoms with Gasteiger partial charge in [-0.15, -0.1) is 11.3 Å². The first-order valence-electron chi connectivity index (χ1n) is 9.48. The maximum absolute atomic E-state index is 12.8. The van der Waals surface area contributed by atoms with Gasteiger partial charge in [-0.1, -0.05) is 0 Å². The van der Waals surface area contributed by atoms with Crippen molar-refractivity contribution < 1.29 is 14.3 Å². The van der Waals surface area contributed by atoms with Crippen molar-refractivity contribution in [2.75, 3.05) is 52.4 Å². The van der Waals surface area contributed by atoms with Crippen LogP contribution < -0.4 is 0 Å². The zero-order valence-corrected chi connectivity index (χ0v) is 16.5. The van der Waals surface area contributed by atoms with E-state index in [2.05, 4.69) is 9.88 Å². The van der Waals surface area contributed by atoms with E-state index in [0.717, 1.165) is 28.5 Å². The molecule has 0 saturated carbocycles. The molecule has 0 spiro atoms. The summed E-state index contributed by atoms with van der Waals surface area (Å²) >= 11 is 1.53. The minimum Gasteiger partial charge on any atom is -0.450 e. The molecule has 8 heteroatoms. The number of nitrogens with zero attached hydrogens (tertiary/aromatic N) is 4. The highest BCUT2D eigenvalue weighted by Gasteiger charge is 2.27. The first-order valence-corrected chi connectivity index (χ1v) is 10.3. The third-order valence-corrected chi connectivity index (χ3v) is 6.17. The molecule has 2 aliphatic rings. The lowest BCUT2D eigenvalue weighted by atomic mass is 10.3. The van der Waals surface area contributed by atoms with Crippen LogP contribution in [0.1, 0.15) is 40.1 Å². The van der Waals surface area contributed by atoms with Gasteiger partial charge in [0.1, 0.15) is 4.88 Å². The lowest BCUT2D eigenvalue weighted by molar-refractivity contribution is 0.0573. The number of ether oxygens (including phenoxy) is 1. The number of carbonyl (C=O) groups is 2. The second-order valence-corrected chi connectivity index (χ2v) is 7.88. The number of carbonyl (C=O) groups excluding carboxylic acids is 2. The maximum atomic E-state index is 12.8. The third kappa shape index (κ3) is 4.54. The zero-order chi connectivity index (χ0) is 18.5. The molecule has 0 radical (unpaired) electrons. The van der Waals surface area contributed by atoms with Crippen LogP contribution in [0.15, 0.2) is 0 Å². The predicted molar refractivity (Wildman–Crippen MR) is 101 cm³/mol. The minimum absolute atomic E-state index is 0.0379. The molecule has 0 aromatic carbocycles. The van der Waals surface area contributed by atoms with Crippen LogP contribution in [-0.4, -0.2) is 84.1 Å². The van der Waals surface area contributed by atoms with Gasteiger partial charge in [0.05, 0.1) is 17.3 Å². The van der Waals surface area contributed by atoms with E-state index >= 15 is 0 Å². The number of piperazine rings is 1. The molecule has 0 bridgehead atoms. The Morgan fingerprint density at radius 3 is 2.38 bits per heavy atom. The lowest BCUT2D eigenvalue weighted by Gasteiger charge is -2.33. The fourth-order valence-electron chi connectivity index (χ4n) is 3.47. The fraction of sp³-hybridized carbons (Fsp3) is 0.722. The van der Waals surface area contributed by atoms with E-state index in [0.29, 0.717) is 32.8 Å². The summed E-state index contributed by atoms with van der Waals surface area (Å²) in [5.74, 6) is 0.0379. The number of hydrogen-bond donors (Lipinski definition) is 0. The van der Waals surface area contributed by atoms with Gasteiger partial charge in [0.25, 0.3) is 5.91 Å². The molecule has 1 aromatic heterocycles. The van der Waals surface area contributed by atoms with E-state index in [4.69, 9.17) is 4.74 Å². The second-order valence-electron chi connectivity index (χ2n) is 6.80. The normalized spacial score (nSPS) is 18.4. The number of amides is 2. The number of rotatable bonds is 5. The van der Waals surface area contributed by atoms with Crippen molar-refractivity contribution in [1.29, 1.82) is 0 Å². The van der Waals surface area contributed by atoms with Crippen LogP contribution in [0.2, 0.25) is 0 Å². The Kier molecular flexibility index (Phi) is 6.48. The Bertz CT molecular complexity index is 634. The Balaban J connectivity index is 1.54. The van der Waals surface area contributed by atoms with Crippen LogP contribution >= 0.6 is 11.3 Å².